The maximum Gasteiger partial charge on any atom is 0.306 e. The Morgan fingerprint density at radius 3 is 2.29 bits per heavy atom. The van der Waals surface area contributed by atoms with Gasteiger partial charge in [0.25, 0.3) is 5.91 Å². The summed E-state index contributed by atoms with van der Waals surface area (Å²) < 4.78 is 26.5. The number of esters is 1. The number of hydrogen-bond acceptors (Lipinski definition) is 7. The molecule has 168 valence electrons. The van der Waals surface area contributed by atoms with E-state index in [4.69, 9.17) is 23.7 Å². The number of carbonyl (C=O) groups excluding carboxylic acids is 2. The molecule has 1 amide bonds. The van der Waals surface area contributed by atoms with Crippen LogP contribution in [0.2, 0.25) is 0 Å². The molecule has 31 heavy (non-hydrogen) atoms. The Hall–Kier alpha value is -3.42. The van der Waals surface area contributed by atoms with Gasteiger partial charge in [0.2, 0.25) is 5.75 Å². The van der Waals surface area contributed by atoms with Crippen LogP contribution in [-0.4, -0.2) is 53.0 Å². The zero-order valence-electron chi connectivity index (χ0n) is 18.4. The van der Waals surface area contributed by atoms with E-state index in [0.29, 0.717) is 36.8 Å². The Balaban J connectivity index is 1.70. The lowest BCUT2D eigenvalue weighted by atomic mass is 10.1. The van der Waals surface area contributed by atoms with Crippen molar-refractivity contribution in [2.24, 2.45) is 0 Å². The van der Waals surface area contributed by atoms with Gasteiger partial charge in [-0.1, -0.05) is 12.1 Å². The monoisotopic (exact) mass is 431 g/mol. The van der Waals surface area contributed by atoms with Crippen molar-refractivity contribution in [1.82, 2.24) is 5.32 Å². The van der Waals surface area contributed by atoms with E-state index in [1.807, 2.05) is 31.2 Å². The second-order valence-electron chi connectivity index (χ2n) is 6.71. The lowest BCUT2D eigenvalue weighted by molar-refractivity contribution is -0.148. The van der Waals surface area contributed by atoms with Gasteiger partial charge in [0.15, 0.2) is 18.1 Å². The number of benzene rings is 2. The van der Waals surface area contributed by atoms with Crippen LogP contribution in [-0.2, 0) is 20.7 Å². The number of amides is 1. The molecule has 8 nitrogen and oxygen atoms in total. The molecule has 0 saturated carbocycles. The molecule has 0 radical (unpaired) electrons. The zero-order chi connectivity index (χ0) is 22.6. The van der Waals surface area contributed by atoms with Gasteiger partial charge in [0, 0.05) is 6.42 Å². The Morgan fingerprint density at radius 1 is 0.968 bits per heavy atom. The van der Waals surface area contributed by atoms with Gasteiger partial charge in [0.1, 0.15) is 12.4 Å². The second-order valence-corrected chi connectivity index (χ2v) is 6.71. The van der Waals surface area contributed by atoms with Crippen molar-refractivity contribution in [1.29, 1.82) is 0 Å². The SMILES string of the molecule is COc1cc(CCC(=O)OCC(=O)NCCOc2cccc(C)c2)cc(OC)c1OC. The van der Waals surface area contributed by atoms with Gasteiger partial charge < -0.3 is 29.0 Å². The normalized spacial score (nSPS) is 10.2. The van der Waals surface area contributed by atoms with Crippen LogP contribution < -0.4 is 24.3 Å². The highest BCUT2D eigenvalue weighted by molar-refractivity contribution is 5.80. The van der Waals surface area contributed by atoms with Crippen LogP contribution in [0, 0.1) is 6.92 Å². The van der Waals surface area contributed by atoms with Gasteiger partial charge in [-0.25, -0.2) is 0 Å². The van der Waals surface area contributed by atoms with Crippen LogP contribution in [0.3, 0.4) is 0 Å². The van der Waals surface area contributed by atoms with Crippen LogP contribution in [0.4, 0.5) is 0 Å². The molecule has 0 aromatic heterocycles. The molecular formula is C23H29NO7. The number of rotatable bonds is 12. The van der Waals surface area contributed by atoms with Gasteiger partial charge in [-0.3, -0.25) is 9.59 Å². The molecule has 2 rings (SSSR count). The van der Waals surface area contributed by atoms with Crippen LogP contribution >= 0.6 is 0 Å². The minimum atomic E-state index is -0.472. The minimum Gasteiger partial charge on any atom is -0.493 e. The molecule has 0 aliphatic heterocycles. The lowest BCUT2D eigenvalue weighted by Gasteiger charge is -2.14. The molecule has 0 atom stereocenters. The Kier molecular flexibility index (Phi) is 9.48. The molecule has 0 bridgehead atoms. The van der Waals surface area contributed by atoms with E-state index in [9.17, 15) is 9.59 Å². The van der Waals surface area contributed by atoms with Crippen molar-refractivity contribution < 1.29 is 33.3 Å². The molecule has 0 unspecified atom stereocenters. The summed E-state index contributed by atoms with van der Waals surface area (Å²) in [6.07, 6.45) is 0.518. The average molecular weight is 431 g/mol. The summed E-state index contributed by atoms with van der Waals surface area (Å²) in [5.41, 5.74) is 1.92. The number of hydrogen-bond donors (Lipinski definition) is 1. The first-order valence-electron chi connectivity index (χ1n) is 9.87. The third-order valence-electron chi connectivity index (χ3n) is 4.39. The summed E-state index contributed by atoms with van der Waals surface area (Å²) in [4.78, 5) is 23.8. The third kappa shape index (κ3) is 7.73. The standard InChI is InChI=1S/C23H29NO7/c1-16-6-5-7-18(12-16)30-11-10-24-21(25)15-31-22(26)9-8-17-13-19(27-2)23(29-4)20(14-17)28-3/h5-7,12-14H,8-11,15H2,1-4H3,(H,24,25). The van der Waals surface area contributed by atoms with Gasteiger partial charge in [0.05, 0.1) is 27.9 Å². The largest absolute Gasteiger partial charge is 0.493 e. The number of aryl methyl sites for hydroxylation is 2. The molecule has 0 spiro atoms. The fourth-order valence-corrected chi connectivity index (χ4v) is 2.86. The van der Waals surface area contributed by atoms with Gasteiger partial charge in [-0.2, -0.15) is 0 Å². The molecule has 0 aliphatic rings. The summed E-state index contributed by atoms with van der Waals surface area (Å²) in [5.74, 6) is 1.40. The second kappa shape index (κ2) is 12.3. The number of ether oxygens (including phenoxy) is 5. The summed E-state index contributed by atoms with van der Waals surface area (Å²) in [6, 6.07) is 11.2. The van der Waals surface area contributed by atoms with Crippen molar-refractivity contribution in [3.63, 3.8) is 0 Å². The summed E-state index contributed by atoms with van der Waals surface area (Å²) in [6.45, 7) is 2.28. The first-order chi connectivity index (χ1) is 15.0. The van der Waals surface area contributed by atoms with Crippen LogP contribution in [0.1, 0.15) is 17.5 Å². The maximum absolute atomic E-state index is 12.0. The molecule has 0 saturated heterocycles. The maximum atomic E-state index is 12.0. The quantitative estimate of drug-likeness (QED) is 0.408. The van der Waals surface area contributed by atoms with Gasteiger partial charge in [-0.15, -0.1) is 0 Å². The average Bonchev–Trinajstić information content (AvgIpc) is 2.78. The highest BCUT2D eigenvalue weighted by Gasteiger charge is 2.14. The van der Waals surface area contributed by atoms with Crippen LogP contribution in [0.5, 0.6) is 23.0 Å². The molecule has 0 aliphatic carbocycles. The third-order valence-corrected chi connectivity index (χ3v) is 4.39. The fourth-order valence-electron chi connectivity index (χ4n) is 2.86. The van der Waals surface area contributed by atoms with Gasteiger partial charge >= 0.3 is 5.97 Å². The van der Waals surface area contributed by atoms with Crippen molar-refractivity contribution in [3.8, 4) is 23.0 Å². The molecule has 0 fully saturated rings. The molecule has 8 heteroatoms. The summed E-state index contributed by atoms with van der Waals surface area (Å²) in [5, 5.41) is 2.65. The lowest BCUT2D eigenvalue weighted by Crippen LogP contribution is -2.32. The van der Waals surface area contributed by atoms with Crippen molar-refractivity contribution in [2.75, 3.05) is 41.1 Å². The van der Waals surface area contributed by atoms with E-state index in [0.717, 1.165) is 16.9 Å². The smallest absolute Gasteiger partial charge is 0.306 e. The predicted molar refractivity (Wildman–Crippen MR) is 115 cm³/mol. The van der Waals surface area contributed by atoms with Crippen LogP contribution in [0.25, 0.3) is 0 Å². The molecule has 2 aromatic carbocycles. The van der Waals surface area contributed by atoms with Crippen molar-refractivity contribution in [3.05, 3.63) is 47.5 Å². The first-order valence-corrected chi connectivity index (χ1v) is 9.87. The van der Waals surface area contributed by atoms with Crippen molar-refractivity contribution in [2.45, 2.75) is 19.8 Å². The first kappa shape index (κ1) is 23.9. The van der Waals surface area contributed by atoms with E-state index in [1.54, 1.807) is 12.1 Å². The van der Waals surface area contributed by atoms with E-state index >= 15 is 0 Å². The fraction of sp³-hybridized carbons (Fsp3) is 0.391. The highest BCUT2D eigenvalue weighted by atomic mass is 16.5. The number of carbonyl (C=O) groups is 2. The Bertz CT molecular complexity index is 857. The molecule has 2 aromatic rings. The number of nitrogens with one attached hydrogen (secondary N) is 1. The predicted octanol–water partition coefficient (Wildman–Crippen LogP) is 2.69. The van der Waals surface area contributed by atoms with E-state index < -0.39 is 5.97 Å². The Labute approximate surface area is 182 Å². The Morgan fingerprint density at radius 2 is 1.68 bits per heavy atom. The topological polar surface area (TPSA) is 92.3 Å². The van der Waals surface area contributed by atoms with E-state index in [1.165, 1.54) is 21.3 Å². The van der Waals surface area contributed by atoms with Crippen LogP contribution in [0.15, 0.2) is 36.4 Å². The molecular weight excluding hydrogens is 402 g/mol. The van der Waals surface area contributed by atoms with E-state index in [2.05, 4.69) is 5.32 Å². The minimum absolute atomic E-state index is 0.113. The summed E-state index contributed by atoms with van der Waals surface area (Å²) >= 11 is 0. The molecule has 0 heterocycles. The zero-order valence-corrected chi connectivity index (χ0v) is 18.4. The van der Waals surface area contributed by atoms with Crippen molar-refractivity contribution >= 4 is 11.9 Å². The van der Waals surface area contributed by atoms with E-state index in [-0.39, 0.29) is 18.9 Å². The number of methoxy groups -OCH3 is 3. The molecule has 1 N–H and O–H groups in total. The summed E-state index contributed by atoms with van der Waals surface area (Å²) in [7, 11) is 4.58. The highest BCUT2D eigenvalue weighted by Crippen LogP contribution is 2.38. The van der Waals surface area contributed by atoms with Gasteiger partial charge in [-0.05, 0) is 48.7 Å².